The Morgan fingerprint density at radius 3 is 2.48 bits per heavy atom. The van der Waals surface area contributed by atoms with Crippen LogP contribution in [-0.2, 0) is 0 Å². The van der Waals surface area contributed by atoms with Crippen molar-refractivity contribution in [2.24, 2.45) is 0 Å². The van der Waals surface area contributed by atoms with Crippen LogP contribution in [0, 0.1) is 17.5 Å². The van der Waals surface area contributed by atoms with Gasteiger partial charge in [0.25, 0.3) is 0 Å². The van der Waals surface area contributed by atoms with Crippen LogP contribution in [0.4, 0.5) is 13.2 Å². The third kappa shape index (κ3) is 2.62. The summed E-state index contributed by atoms with van der Waals surface area (Å²) in [5.41, 5.74) is 0.761. The number of hydrogen-bond acceptors (Lipinski definition) is 2. The van der Waals surface area contributed by atoms with Gasteiger partial charge in [0.1, 0.15) is 17.4 Å². The molecule has 4 rings (SSSR count). The third-order valence-corrected chi connectivity index (χ3v) is 5.90. The standard InChI is InChI=1S/C19H12ClF3OS/c20-12-6-7-13(22)16(17(12)23)15-11-5-4-10(21)8-14(11)25-19(15)18(24)9-2-1-3-9/h4-8,24H,1-3H2. The molecule has 1 N–H and O–H groups in total. The molecule has 1 nitrogen and oxygen atoms in total. The van der Waals surface area contributed by atoms with Crippen molar-refractivity contribution >= 4 is 38.8 Å². The maximum Gasteiger partial charge on any atom is 0.152 e. The highest BCUT2D eigenvalue weighted by Crippen LogP contribution is 2.46. The van der Waals surface area contributed by atoms with E-state index in [0.29, 0.717) is 15.0 Å². The Bertz CT molecular complexity index is 1030. The van der Waals surface area contributed by atoms with E-state index < -0.39 is 17.5 Å². The quantitative estimate of drug-likeness (QED) is 0.371. The van der Waals surface area contributed by atoms with Crippen LogP contribution < -0.4 is 0 Å². The second-order valence-electron chi connectivity index (χ2n) is 5.97. The lowest BCUT2D eigenvalue weighted by Gasteiger charge is -2.19. The van der Waals surface area contributed by atoms with Gasteiger partial charge in [-0.05, 0) is 55.2 Å². The fourth-order valence-electron chi connectivity index (χ4n) is 2.99. The van der Waals surface area contributed by atoms with Crippen molar-refractivity contribution in [2.45, 2.75) is 19.3 Å². The van der Waals surface area contributed by atoms with Gasteiger partial charge in [-0.15, -0.1) is 11.3 Å². The predicted molar refractivity (Wildman–Crippen MR) is 95.5 cm³/mol. The Morgan fingerprint density at radius 1 is 1.04 bits per heavy atom. The number of benzene rings is 2. The fourth-order valence-corrected chi connectivity index (χ4v) is 4.38. The molecule has 3 aromatic rings. The molecule has 0 spiro atoms. The van der Waals surface area contributed by atoms with Gasteiger partial charge in [-0.3, -0.25) is 0 Å². The first-order valence-electron chi connectivity index (χ1n) is 7.74. The van der Waals surface area contributed by atoms with E-state index in [1.165, 1.54) is 18.2 Å². The van der Waals surface area contributed by atoms with E-state index in [2.05, 4.69) is 0 Å². The van der Waals surface area contributed by atoms with Gasteiger partial charge in [0.2, 0.25) is 0 Å². The minimum absolute atomic E-state index is 0.0293. The molecule has 1 heterocycles. The number of rotatable bonds is 2. The van der Waals surface area contributed by atoms with E-state index in [-0.39, 0.29) is 21.9 Å². The average Bonchev–Trinajstić information content (AvgIpc) is 2.88. The van der Waals surface area contributed by atoms with E-state index in [0.717, 1.165) is 48.3 Å². The summed E-state index contributed by atoms with van der Waals surface area (Å²) in [6.07, 6.45) is 2.46. The van der Waals surface area contributed by atoms with Crippen molar-refractivity contribution in [2.75, 3.05) is 0 Å². The Kier molecular flexibility index (Phi) is 4.01. The fraction of sp³-hybridized carbons (Fsp3) is 0.158. The third-order valence-electron chi connectivity index (χ3n) is 4.45. The zero-order chi connectivity index (χ0) is 17.7. The first-order chi connectivity index (χ1) is 12.0. The van der Waals surface area contributed by atoms with Crippen LogP contribution in [0.1, 0.15) is 24.1 Å². The van der Waals surface area contributed by atoms with E-state index in [1.807, 2.05) is 0 Å². The molecule has 1 aromatic heterocycles. The van der Waals surface area contributed by atoms with Gasteiger partial charge in [-0.1, -0.05) is 11.6 Å². The molecule has 1 aliphatic rings. The molecule has 0 unspecified atom stereocenters. The van der Waals surface area contributed by atoms with Crippen LogP contribution in [0.25, 0.3) is 27.0 Å². The largest absolute Gasteiger partial charge is 0.506 e. The number of hydrogen-bond donors (Lipinski definition) is 1. The Hall–Kier alpha value is -1.98. The van der Waals surface area contributed by atoms with E-state index in [1.54, 1.807) is 0 Å². The summed E-state index contributed by atoms with van der Waals surface area (Å²) in [5, 5.41) is 10.9. The normalized spacial score (nSPS) is 14.0. The molecule has 1 saturated carbocycles. The number of thiophene rings is 1. The van der Waals surface area contributed by atoms with Gasteiger partial charge in [0.15, 0.2) is 5.82 Å². The molecule has 6 heteroatoms. The molecule has 0 bridgehead atoms. The van der Waals surface area contributed by atoms with Gasteiger partial charge in [-0.2, -0.15) is 0 Å². The van der Waals surface area contributed by atoms with Crippen LogP contribution in [0.2, 0.25) is 5.02 Å². The molecule has 0 amide bonds. The first-order valence-corrected chi connectivity index (χ1v) is 8.94. The number of halogens is 4. The van der Waals surface area contributed by atoms with Crippen molar-refractivity contribution in [1.82, 2.24) is 0 Å². The highest BCUT2D eigenvalue weighted by Gasteiger charge is 2.26. The van der Waals surface area contributed by atoms with Crippen molar-refractivity contribution in [1.29, 1.82) is 0 Å². The SMILES string of the molecule is OC(=C1CCC1)c1sc2cc(F)ccc2c1-c1c(F)ccc(Cl)c1F. The average molecular weight is 381 g/mol. The lowest BCUT2D eigenvalue weighted by atomic mass is 9.89. The second kappa shape index (κ2) is 6.07. The Labute approximate surface area is 151 Å². The molecular formula is C19H12ClF3OS. The summed E-state index contributed by atoms with van der Waals surface area (Å²) in [5.74, 6) is -2.09. The van der Waals surface area contributed by atoms with Crippen LogP contribution >= 0.6 is 22.9 Å². The van der Waals surface area contributed by atoms with Crippen LogP contribution in [-0.4, -0.2) is 5.11 Å². The zero-order valence-corrected chi connectivity index (χ0v) is 14.4. The molecule has 0 saturated heterocycles. The van der Waals surface area contributed by atoms with Gasteiger partial charge < -0.3 is 5.11 Å². The molecule has 0 atom stereocenters. The molecule has 2 aromatic carbocycles. The van der Waals surface area contributed by atoms with Crippen LogP contribution in [0.3, 0.4) is 0 Å². The first kappa shape index (κ1) is 16.5. The summed E-state index contributed by atoms with van der Waals surface area (Å²) in [6.45, 7) is 0. The maximum absolute atomic E-state index is 14.6. The summed E-state index contributed by atoms with van der Waals surface area (Å²) >= 11 is 6.96. The monoisotopic (exact) mass is 380 g/mol. The molecule has 25 heavy (non-hydrogen) atoms. The smallest absolute Gasteiger partial charge is 0.152 e. The summed E-state index contributed by atoms with van der Waals surface area (Å²) in [4.78, 5) is 0.343. The van der Waals surface area contributed by atoms with Crippen molar-refractivity contribution in [3.8, 4) is 11.1 Å². The van der Waals surface area contributed by atoms with Gasteiger partial charge >= 0.3 is 0 Å². The minimum Gasteiger partial charge on any atom is -0.506 e. The van der Waals surface area contributed by atoms with Crippen molar-refractivity contribution in [3.05, 3.63) is 63.3 Å². The molecule has 1 fully saturated rings. The topological polar surface area (TPSA) is 20.2 Å². The Morgan fingerprint density at radius 2 is 1.80 bits per heavy atom. The van der Waals surface area contributed by atoms with Crippen molar-refractivity contribution in [3.63, 3.8) is 0 Å². The molecule has 128 valence electrons. The summed E-state index contributed by atoms with van der Waals surface area (Å²) < 4.78 is 43.2. The number of allylic oxidation sites excluding steroid dienone is 1. The van der Waals surface area contributed by atoms with E-state index >= 15 is 0 Å². The van der Waals surface area contributed by atoms with E-state index in [4.69, 9.17) is 11.6 Å². The van der Waals surface area contributed by atoms with Crippen molar-refractivity contribution < 1.29 is 18.3 Å². The second-order valence-corrected chi connectivity index (χ2v) is 7.43. The van der Waals surface area contributed by atoms with Crippen LogP contribution in [0.15, 0.2) is 35.9 Å². The number of fused-ring (bicyclic) bond motifs is 1. The summed E-state index contributed by atoms with van der Waals surface area (Å²) in [7, 11) is 0. The number of aliphatic hydroxyl groups excluding tert-OH is 1. The van der Waals surface area contributed by atoms with Gasteiger partial charge in [0.05, 0.1) is 15.5 Å². The van der Waals surface area contributed by atoms with Gasteiger partial charge in [-0.25, -0.2) is 13.2 Å². The lowest BCUT2D eigenvalue weighted by molar-refractivity contribution is 0.488. The zero-order valence-electron chi connectivity index (χ0n) is 12.9. The highest BCUT2D eigenvalue weighted by atomic mass is 35.5. The van der Waals surface area contributed by atoms with Crippen LogP contribution in [0.5, 0.6) is 0 Å². The molecule has 0 radical (unpaired) electrons. The lowest BCUT2D eigenvalue weighted by Crippen LogP contribution is -2.01. The van der Waals surface area contributed by atoms with E-state index in [9.17, 15) is 18.3 Å². The predicted octanol–water partition coefficient (Wildman–Crippen LogP) is 7.09. The summed E-state index contributed by atoms with van der Waals surface area (Å²) in [6, 6.07) is 6.24. The Balaban J connectivity index is 2.10. The molecule has 1 aliphatic carbocycles. The maximum atomic E-state index is 14.6. The van der Waals surface area contributed by atoms with Gasteiger partial charge in [0, 0.05) is 15.6 Å². The minimum atomic E-state index is -0.890. The molecular weight excluding hydrogens is 369 g/mol. The number of aliphatic hydroxyl groups is 1. The highest BCUT2D eigenvalue weighted by molar-refractivity contribution is 7.20. The molecule has 0 aliphatic heterocycles.